The van der Waals surface area contributed by atoms with Crippen LogP contribution in [0.4, 0.5) is 0 Å². The van der Waals surface area contributed by atoms with Gasteiger partial charge in [-0.25, -0.2) is 0 Å². The predicted octanol–water partition coefficient (Wildman–Crippen LogP) is 3.07. The Kier molecular flexibility index (Phi) is 6.99. The summed E-state index contributed by atoms with van der Waals surface area (Å²) in [6.45, 7) is 5.27. The second kappa shape index (κ2) is 8.28. The van der Waals surface area contributed by atoms with E-state index in [1.165, 1.54) is 18.4 Å². The minimum atomic E-state index is 0.495. The highest BCUT2D eigenvalue weighted by Gasteiger charge is 2.19. The molecule has 1 rings (SSSR count). The minimum absolute atomic E-state index is 0.495. The summed E-state index contributed by atoms with van der Waals surface area (Å²) in [7, 11) is 2.22. The lowest BCUT2D eigenvalue weighted by atomic mass is 10.0. The molecule has 0 saturated carbocycles. The van der Waals surface area contributed by atoms with E-state index >= 15 is 0 Å². The zero-order chi connectivity index (χ0) is 13.4. The SMILES string of the molecule is CCC(CC)N(C)C(CN)CCc1ccccc1. The van der Waals surface area contributed by atoms with E-state index in [0.29, 0.717) is 12.1 Å². The summed E-state index contributed by atoms with van der Waals surface area (Å²) in [5.41, 5.74) is 7.35. The second-order valence-corrected chi connectivity index (χ2v) is 5.05. The Morgan fingerprint density at radius 2 is 1.67 bits per heavy atom. The predicted molar refractivity (Wildman–Crippen MR) is 79.7 cm³/mol. The first-order valence-electron chi connectivity index (χ1n) is 7.18. The Morgan fingerprint density at radius 3 is 2.17 bits per heavy atom. The monoisotopic (exact) mass is 248 g/mol. The Hall–Kier alpha value is -0.860. The van der Waals surface area contributed by atoms with E-state index in [9.17, 15) is 0 Å². The van der Waals surface area contributed by atoms with Gasteiger partial charge in [-0.2, -0.15) is 0 Å². The maximum atomic E-state index is 5.94. The van der Waals surface area contributed by atoms with E-state index in [1.54, 1.807) is 0 Å². The van der Waals surface area contributed by atoms with Crippen LogP contribution in [0, 0.1) is 0 Å². The summed E-state index contributed by atoms with van der Waals surface area (Å²) in [5, 5.41) is 0. The molecule has 0 bridgehead atoms. The van der Waals surface area contributed by atoms with Gasteiger partial charge in [0.05, 0.1) is 0 Å². The molecular formula is C16H28N2. The lowest BCUT2D eigenvalue weighted by Crippen LogP contribution is -2.44. The Labute approximate surface area is 112 Å². The van der Waals surface area contributed by atoms with Crippen molar-refractivity contribution in [1.82, 2.24) is 4.90 Å². The number of hydrogen-bond acceptors (Lipinski definition) is 2. The molecule has 18 heavy (non-hydrogen) atoms. The first-order valence-corrected chi connectivity index (χ1v) is 7.18. The van der Waals surface area contributed by atoms with E-state index in [4.69, 9.17) is 5.73 Å². The van der Waals surface area contributed by atoms with Crippen LogP contribution in [0.1, 0.15) is 38.7 Å². The molecular weight excluding hydrogens is 220 g/mol. The van der Waals surface area contributed by atoms with Crippen LogP contribution >= 0.6 is 0 Å². The number of aryl methyl sites for hydroxylation is 1. The number of hydrogen-bond donors (Lipinski definition) is 1. The largest absolute Gasteiger partial charge is 0.329 e. The van der Waals surface area contributed by atoms with Gasteiger partial charge in [0, 0.05) is 18.6 Å². The van der Waals surface area contributed by atoms with Crippen molar-refractivity contribution in [3.63, 3.8) is 0 Å². The fraction of sp³-hybridized carbons (Fsp3) is 0.625. The van der Waals surface area contributed by atoms with Gasteiger partial charge in [-0.1, -0.05) is 44.2 Å². The van der Waals surface area contributed by atoms with Crippen LogP contribution in [0.25, 0.3) is 0 Å². The normalized spacial score (nSPS) is 13.2. The zero-order valence-corrected chi connectivity index (χ0v) is 12.1. The average molecular weight is 248 g/mol. The van der Waals surface area contributed by atoms with Gasteiger partial charge in [0.15, 0.2) is 0 Å². The standard InChI is InChI=1S/C16H28N2/c1-4-15(5-2)18(3)16(13-17)12-11-14-9-7-6-8-10-14/h6-10,15-16H,4-5,11-13,17H2,1-3H3. The van der Waals surface area contributed by atoms with Gasteiger partial charge in [-0.15, -0.1) is 0 Å². The van der Waals surface area contributed by atoms with Crippen molar-refractivity contribution in [3.8, 4) is 0 Å². The smallest absolute Gasteiger partial charge is 0.0221 e. The van der Waals surface area contributed by atoms with Crippen molar-refractivity contribution >= 4 is 0 Å². The molecule has 0 amide bonds. The van der Waals surface area contributed by atoms with Crippen molar-refractivity contribution in [2.45, 2.75) is 51.6 Å². The third-order valence-electron chi connectivity index (χ3n) is 3.98. The lowest BCUT2D eigenvalue weighted by molar-refractivity contribution is 0.159. The summed E-state index contributed by atoms with van der Waals surface area (Å²) in [6.07, 6.45) is 4.67. The molecule has 1 aromatic carbocycles. The van der Waals surface area contributed by atoms with Crippen molar-refractivity contribution in [2.24, 2.45) is 5.73 Å². The van der Waals surface area contributed by atoms with E-state index in [2.05, 4.69) is 56.1 Å². The Bertz CT molecular complexity index is 306. The van der Waals surface area contributed by atoms with Crippen LogP contribution < -0.4 is 5.73 Å². The topological polar surface area (TPSA) is 29.3 Å². The molecule has 0 aliphatic rings. The molecule has 2 heteroatoms. The summed E-state index contributed by atoms with van der Waals surface area (Å²) in [4.78, 5) is 2.48. The van der Waals surface area contributed by atoms with Crippen molar-refractivity contribution < 1.29 is 0 Å². The van der Waals surface area contributed by atoms with Crippen LogP contribution in [0.3, 0.4) is 0 Å². The molecule has 1 unspecified atom stereocenters. The van der Waals surface area contributed by atoms with Gasteiger partial charge in [0.25, 0.3) is 0 Å². The summed E-state index contributed by atoms with van der Waals surface area (Å²) >= 11 is 0. The van der Waals surface area contributed by atoms with Gasteiger partial charge in [0.2, 0.25) is 0 Å². The van der Waals surface area contributed by atoms with Gasteiger partial charge >= 0.3 is 0 Å². The zero-order valence-electron chi connectivity index (χ0n) is 12.1. The quantitative estimate of drug-likeness (QED) is 0.766. The number of likely N-dealkylation sites (N-methyl/N-ethyl adjacent to an activating group) is 1. The maximum Gasteiger partial charge on any atom is 0.0221 e. The highest BCUT2D eigenvalue weighted by molar-refractivity contribution is 5.14. The second-order valence-electron chi connectivity index (χ2n) is 5.05. The van der Waals surface area contributed by atoms with Crippen LogP contribution in [0.5, 0.6) is 0 Å². The average Bonchev–Trinajstić information content (AvgIpc) is 2.42. The molecule has 102 valence electrons. The summed E-state index contributed by atoms with van der Waals surface area (Å²) in [6, 6.07) is 11.8. The van der Waals surface area contributed by atoms with E-state index in [1.807, 2.05) is 0 Å². The van der Waals surface area contributed by atoms with Gasteiger partial charge < -0.3 is 5.73 Å². The molecule has 0 spiro atoms. The minimum Gasteiger partial charge on any atom is -0.329 e. The Balaban J connectivity index is 2.51. The molecule has 2 nitrogen and oxygen atoms in total. The summed E-state index contributed by atoms with van der Waals surface area (Å²) < 4.78 is 0. The molecule has 0 radical (unpaired) electrons. The number of nitrogens with two attached hydrogens (primary N) is 1. The number of benzene rings is 1. The maximum absolute atomic E-state index is 5.94. The molecule has 0 aliphatic carbocycles. The van der Waals surface area contributed by atoms with Crippen LogP contribution in [-0.2, 0) is 6.42 Å². The highest BCUT2D eigenvalue weighted by atomic mass is 15.2. The fourth-order valence-corrected chi connectivity index (χ4v) is 2.63. The molecule has 0 aromatic heterocycles. The first-order chi connectivity index (χ1) is 8.72. The van der Waals surface area contributed by atoms with Crippen LogP contribution in [-0.4, -0.2) is 30.6 Å². The third-order valence-corrected chi connectivity index (χ3v) is 3.98. The van der Waals surface area contributed by atoms with Crippen molar-refractivity contribution in [2.75, 3.05) is 13.6 Å². The van der Waals surface area contributed by atoms with Gasteiger partial charge in [-0.05, 0) is 38.3 Å². The molecule has 0 fully saturated rings. The molecule has 2 N–H and O–H groups in total. The van der Waals surface area contributed by atoms with Gasteiger partial charge in [0.1, 0.15) is 0 Å². The molecule has 0 heterocycles. The van der Waals surface area contributed by atoms with E-state index < -0.39 is 0 Å². The third kappa shape index (κ3) is 4.43. The Morgan fingerprint density at radius 1 is 1.06 bits per heavy atom. The molecule has 1 atom stereocenters. The van der Waals surface area contributed by atoms with Crippen molar-refractivity contribution in [1.29, 1.82) is 0 Å². The first kappa shape index (κ1) is 15.2. The molecule has 0 aliphatic heterocycles. The van der Waals surface area contributed by atoms with E-state index in [0.717, 1.165) is 19.4 Å². The molecule has 0 saturated heterocycles. The highest BCUT2D eigenvalue weighted by Crippen LogP contribution is 2.14. The molecule has 1 aromatic rings. The van der Waals surface area contributed by atoms with Crippen molar-refractivity contribution in [3.05, 3.63) is 35.9 Å². The lowest BCUT2D eigenvalue weighted by Gasteiger charge is -2.33. The fourth-order valence-electron chi connectivity index (χ4n) is 2.63. The van der Waals surface area contributed by atoms with Crippen LogP contribution in [0.2, 0.25) is 0 Å². The number of nitrogens with zero attached hydrogens (tertiary/aromatic N) is 1. The van der Waals surface area contributed by atoms with Gasteiger partial charge in [-0.3, -0.25) is 4.90 Å². The van der Waals surface area contributed by atoms with Crippen LogP contribution in [0.15, 0.2) is 30.3 Å². The summed E-state index contributed by atoms with van der Waals surface area (Å²) in [5.74, 6) is 0. The number of rotatable bonds is 8. The van der Waals surface area contributed by atoms with E-state index in [-0.39, 0.29) is 0 Å².